The minimum atomic E-state index is -4.26. The van der Waals surface area contributed by atoms with Crippen molar-refractivity contribution in [3.63, 3.8) is 0 Å². The molecule has 2 heterocycles. The minimum Gasteiger partial charge on any atom is -0.355 e. The minimum absolute atomic E-state index is 0.292. The molecule has 2 aromatic heterocycles. The molecule has 9 nitrogen and oxygen atoms in total. The van der Waals surface area contributed by atoms with Gasteiger partial charge in [0.1, 0.15) is 12.1 Å². The number of nitrogens with one attached hydrogen (secondary N) is 1. The van der Waals surface area contributed by atoms with E-state index in [0.717, 1.165) is 22.4 Å². The van der Waals surface area contributed by atoms with Gasteiger partial charge in [-0.25, -0.2) is 9.97 Å². The van der Waals surface area contributed by atoms with Crippen molar-refractivity contribution in [2.24, 2.45) is 7.05 Å². The molecule has 0 saturated heterocycles. The van der Waals surface area contributed by atoms with E-state index in [1.54, 1.807) is 35.1 Å². The fraction of sp³-hybridized carbons (Fsp3) is 0.214. The second-order valence-electron chi connectivity index (χ2n) is 5.33. The molecular formula is C14H16N6O3S. The third kappa shape index (κ3) is 3.44. The Hall–Kier alpha value is -2.72. The van der Waals surface area contributed by atoms with Crippen LogP contribution in [-0.4, -0.2) is 39.8 Å². The topological polar surface area (TPSA) is 113 Å². The second-order valence-corrected chi connectivity index (χ2v) is 6.49. The fourth-order valence-electron chi connectivity index (χ4n) is 2.43. The standard InChI is InChI=1S/C14H16N6O3S/c1-19(13-12-7-17-20(2)14(12)16-9-15-13)8-10-3-5-11(6-4-10)18-24(21,22)23/h3-7,9,18H,8H2,1-2H3,(H,21,22,23). The summed E-state index contributed by atoms with van der Waals surface area (Å²) in [6.45, 7) is 0.563. The summed E-state index contributed by atoms with van der Waals surface area (Å²) in [4.78, 5) is 10.5. The first-order valence-corrected chi connectivity index (χ1v) is 8.45. The Balaban J connectivity index is 1.80. The molecule has 3 aromatic rings. The predicted octanol–water partition coefficient (Wildman–Crippen LogP) is 1.21. The molecule has 0 atom stereocenters. The molecule has 2 N–H and O–H groups in total. The molecule has 0 aliphatic heterocycles. The van der Waals surface area contributed by atoms with E-state index in [-0.39, 0.29) is 0 Å². The summed E-state index contributed by atoms with van der Waals surface area (Å²) in [5, 5.41) is 5.04. The molecule has 0 amide bonds. The number of rotatable bonds is 5. The van der Waals surface area contributed by atoms with Gasteiger partial charge in [0.25, 0.3) is 0 Å². The smallest absolute Gasteiger partial charge is 0.355 e. The Labute approximate surface area is 138 Å². The number of hydrogen-bond donors (Lipinski definition) is 2. The Morgan fingerprint density at radius 1 is 1.25 bits per heavy atom. The molecule has 0 aliphatic rings. The van der Waals surface area contributed by atoms with Gasteiger partial charge in [-0.1, -0.05) is 12.1 Å². The van der Waals surface area contributed by atoms with Gasteiger partial charge in [-0.3, -0.25) is 14.0 Å². The Kier molecular flexibility index (Phi) is 4.08. The first kappa shape index (κ1) is 16.1. The number of aryl methyl sites for hydroxylation is 1. The van der Waals surface area contributed by atoms with Gasteiger partial charge in [-0.2, -0.15) is 13.5 Å². The largest absolute Gasteiger partial charge is 0.357 e. The van der Waals surface area contributed by atoms with Crippen LogP contribution in [0.4, 0.5) is 11.5 Å². The van der Waals surface area contributed by atoms with Crippen molar-refractivity contribution in [3.05, 3.63) is 42.4 Å². The summed E-state index contributed by atoms with van der Waals surface area (Å²) in [6.07, 6.45) is 3.22. The quantitative estimate of drug-likeness (QED) is 0.666. The molecule has 0 saturated carbocycles. The molecule has 126 valence electrons. The van der Waals surface area contributed by atoms with Crippen LogP contribution in [0.2, 0.25) is 0 Å². The first-order valence-electron chi connectivity index (χ1n) is 7.01. The maximum atomic E-state index is 10.8. The number of anilines is 2. The van der Waals surface area contributed by atoms with Crippen LogP contribution < -0.4 is 9.62 Å². The lowest BCUT2D eigenvalue weighted by atomic mass is 10.2. The van der Waals surface area contributed by atoms with Crippen LogP contribution in [0, 0.1) is 0 Å². The van der Waals surface area contributed by atoms with Gasteiger partial charge in [-0.15, -0.1) is 0 Å². The molecule has 10 heteroatoms. The van der Waals surface area contributed by atoms with E-state index >= 15 is 0 Å². The van der Waals surface area contributed by atoms with Gasteiger partial charge in [-0.05, 0) is 17.7 Å². The van der Waals surface area contributed by atoms with E-state index in [9.17, 15) is 8.42 Å². The molecule has 1 aromatic carbocycles. The average molecular weight is 348 g/mol. The highest BCUT2D eigenvalue weighted by Gasteiger charge is 2.12. The molecule has 0 spiro atoms. The molecule has 24 heavy (non-hydrogen) atoms. The third-order valence-electron chi connectivity index (χ3n) is 3.49. The molecule has 0 aliphatic carbocycles. The van der Waals surface area contributed by atoms with E-state index in [0.29, 0.717) is 12.2 Å². The number of benzene rings is 1. The second kappa shape index (κ2) is 6.06. The van der Waals surface area contributed by atoms with Crippen LogP contribution in [0.3, 0.4) is 0 Å². The van der Waals surface area contributed by atoms with E-state index in [1.807, 2.05) is 23.7 Å². The summed E-state index contributed by atoms with van der Waals surface area (Å²) in [7, 11) is -0.543. The van der Waals surface area contributed by atoms with Crippen molar-refractivity contribution >= 4 is 32.8 Å². The third-order valence-corrected chi connectivity index (χ3v) is 3.98. The lowest BCUT2D eigenvalue weighted by molar-refractivity contribution is 0.489. The van der Waals surface area contributed by atoms with Crippen LogP contribution in [0.15, 0.2) is 36.8 Å². The lowest BCUT2D eigenvalue weighted by Crippen LogP contribution is -2.18. The zero-order valence-corrected chi connectivity index (χ0v) is 13.9. The average Bonchev–Trinajstić information content (AvgIpc) is 2.89. The molecule has 3 rings (SSSR count). The normalized spacial score (nSPS) is 11.6. The van der Waals surface area contributed by atoms with Crippen molar-refractivity contribution in [1.82, 2.24) is 19.7 Å². The van der Waals surface area contributed by atoms with Crippen molar-refractivity contribution < 1.29 is 13.0 Å². The zero-order valence-electron chi connectivity index (χ0n) is 13.1. The van der Waals surface area contributed by atoms with Crippen LogP contribution in [-0.2, 0) is 23.9 Å². The highest BCUT2D eigenvalue weighted by molar-refractivity contribution is 7.87. The van der Waals surface area contributed by atoms with E-state index in [1.165, 1.54) is 6.33 Å². The Bertz CT molecular complexity index is 968. The molecular weight excluding hydrogens is 332 g/mol. The molecule has 0 unspecified atom stereocenters. The predicted molar refractivity (Wildman–Crippen MR) is 90.0 cm³/mol. The zero-order chi connectivity index (χ0) is 17.3. The maximum Gasteiger partial charge on any atom is 0.357 e. The van der Waals surface area contributed by atoms with Crippen LogP contribution in [0.1, 0.15) is 5.56 Å². The Morgan fingerprint density at radius 3 is 2.62 bits per heavy atom. The number of fused-ring (bicyclic) bond motifs is 1. The van der Waals surface area contributed by atoms with Crippen molar-refractivity contribution in [3.8, 4) is 0 Å². The summed E-state index contributed by atoms with van der Waals surface area (Å²) < 4.78 is 34.0. The van der Waals surface area contributed by atoms with E-state index in [4.69, 9.17) is 4.55 Å². The SMILES string of the molecule is CN(Cc1ccc(NS(=O)(=O)O)cc1)c1ncnc2c1cnn2C. The Morgan fingerprint density at radius 2 is 1.96 bits per heavy atom. The van der Waals surface area contributed by atoms with E-state index < -0.39 is 10.3 Å². The van der Waals surface area contributed by atoms with Gasteiger partial charge in [0.2, 0.25) is 0 Å². The number of aromatic nitrogens is 4. The first-order chi connectivity index (χ1) is 11.3. The van der Waals surface area contributed by atoms with Gasteiger partial charge in [0.15, 0.2) is 5.65 Å². The highest BCUT2D eigenvalue weighted by atomic mass is 32.2. The highest BCUT2D eigenvalue weighted by Crippen LogP contribution is 2.22. The summed E-state index contributed by atoms with van der Waals surface area (Å²) in [6, 6.07) is 6.70. The van der Waals surface area contributed by atoms with Gasteiger partial charge >= 0.3 is 10.3 Å². The molecule has 0 fully saturated rings. The number of nitrogens with zero attached hydrogens (tertiary/aromatic N) is 5. The molecule has 0 radical (unpaired) electrons. The lowest BCUT2D eigenvalue weighted by Gasteiger charge is -2.18. The van der Waals surface area contributed by atoms with Gasteiger partial charge in [0.05, 0.1) is 17.3 Å². The van der Waals surface area contributed by atoms with Crippen LogP contribution >= 0.6 is 0 Å². The summed E-state index contributed by atoms with van der Waals surface area (Å²) >= 11 is 0. The fourth-order valence-corrected chi connectivity index (χ4v) is 2.86. The summed E-state index contributed by atoms with van der Waals surface area (Å²) in [5.41, 5.74) is 1.99. The van der Waals surface area contributed by atoms with Gasteiger partial charge < -0.3 is 4.90 Å². The van der Waals surface area contributed by atoms with Crippen molar-refractivity contribution in [1.29, 1.82) is 0 Å². The van der Waals surface area contributed by atoms with Crippen molar-refractivity contribution in [2.75, 3.05) is 16.7 Å². The van der Waals surface area contributed by atoms with Crippen molar-refractivity contribution in [2.45, 2.75) is 6.54 Å². The maximum absolute atomic E-state index is 10.8. The van der Waals surface area contributed by atoms with E-state index in [2.05, 4.69) is 15.1 Å². The van der Waals surface area contributed by atoms with Crippen LogP contribution in [0.25, 0.3) is 11.0 Å². The van der Waals surface area contributed by atoms with Crippen LogP contribution in [0.5, 0.6) is 0 Å². The number of hydrogen-bond acceptors (Lipinski definition) is 6. The monoisotopic (exact) mass is 348 g/mol. The molecule has 0 bridgehead atoms. The summed E-state index contributed by atoms with van der Waals surface area (Å²) in [5.74, 6) is 0.758. The van der Waals surface area contributed by atoms with Gasteiger partial charge in [0, 0.05) is 20.6 Å².